The number of methoxy groups -OCH3 is 1. The van der Waals surface area contributed by atoms with Crippen molar-refractivity contribution in [3.05, 3.63) is 28.8 Å². The summed E-state index contributed by atoms with van der Waals surface area (Å²) in [6.07, 6.45) is 1.45. The van der Waals surface area contributed by atoms with Gasteiger partial charge in [0.05, 0.1) is 7.11 Å². The van der Waals surface area contributed by atoms with E-state index in [1.807, 2.05) is 6.07 Å². The van der Waals surface area contributed by atoms with E-state index in [9.17, 15) is 8.78 Å². The zero-order valence-electron chi connectivity index (χ0n) is 11.5. The van der Waals surface area contributed by atoms with Gasteiger partial charge in [-0.2, -0.15) is 0 Å². The predicted molar refractivity (Wildman–Crippen MR) is 76.6 cm³/mol. The molecule has 2 nitrogen and oxygen atoms in total. The van der Waals surface area contributed by atoms with Crippen molar-refractivity contribution in [3.8, 4) is 5.75 Å². The smallest absolute Gasteiger partial charge is 0.248 e. The molecule has 1 aliphatic rings. The van der Waals surface area contributed by atoms with Crippen LogP contribution in [0.2, 0.25) is 5.02 Å². The summed E-state index contributed by atoms with van der Waals surface area (Å²) in [5.74, 6) is -1.63. The van der Waals surface area contributed by atoms with Gasteiger partial charge in [0, 0.05) is 23.9 Å². The summed E-state index contributed by atoms with van der Waals surface area (Å²) in [5, 5.41) is 0.628. The molecule has 0 amide bonds. The van der Waals surface area contributed by atoms with E-state index in [1.54, 1.807) is 19.2 Å². The van der Waals surface area contributed by atoms with Crippen molar-refractivity contribution < 1.29 is 13.5 Å². The van der Waals surface area contributed by atoms with E-state index in [0.29, 0.717) is 24.3 Å². The number of halogens is 3. The molecule has 0 aliphatic heterocycles. The second kappa shape index (κ2) is 6.27. The first kappa shape index (κ1) is 15.5. The molecule has 5 heteroatoms. The highest BCUT2D eigenvalue weighted by atomic mass is 35.5. The number of rotatable bonds is 4. The summed E-state index contributed by atoms with van der Waals surface area (Å²) in [6, 6.07) is 5.26. The van der Waals surface area contributed by atoms with Gasteiger partial charge in [-0.25, -0.2) is 8.78 Å². The van der Waals surface area contributed by atoms with Gasteiger partial charge in [0.2, 0.25) is 5.92 Å². The summed E-state index contributed by atoms with van der Waals surface area (Å²) >= 11 is 5.98. The molecule has 1 atom stereocenters. The van der Waals surface area contributed by atoms with Gasteiger partial charge in [-0.15, -0.1) is 0 Å². The maximum Gasteiger partial charge on any atom is 0.248 e. The van der Waals surface area contributed by atoms with Crippen molar-refractivity contribution in [3.63, 3.8) is 0 Å². The molecule has 0 spiro atoms. The lowest BCUT2D eigenvalue weighted by Crippen LogP contribution is -2.37. The van der Waals surface area contributed by atoms with Crippen molar-refractivity contribution in [2.45, 2.75) is 44.1 Å². The molecule has 1 saturated carbocycles. The van der Waals surface area contributed by atoms with E-state index in [0.717, 1.165) is 11.3 Å². The van der Waals surface area contributed by atoms with Crippen LogP contribution >= 0.6 is 11.6 Å². The van der Waals surface area contributed by atoms with Crippen molar-refractivity contribution in [1.29, 1.82) is 0 Å². The molecule has 0 heterocycles. The third-order valence-electron chi connectivity index (χ3n) is 4.07. The van der Waals surface area contributed by atoms with Gasteiger partial charge in [0.1, 0.15) is 5.75 Å². The number of hydrogen-bond donors (Lipinski definition) is 1. The topological polar surface area (TPSA) is 35.2 Å². The largest absolute Gasteiger partial charge is 0.496 e. The average Bonchev–Trinajstić information content (AvgIpc) is 2.38. The summed E-state index contributed by atoms with van der Waals surface area (Å²) in [6.45, 7) is 0. The van der Waals surface area contributed by atoms with Crippen molar-refractivity contribution in [1.82, 2.24) is 0 Å². The normalized spacial score (nSPS) is 20.6. The minimum atomic E-state index is -2.51. The van der Waals surface area contributed by atoms with Gasteiger partial charge in [0.25, 0.3) is 0 Å². The fraction of sp³-hybridized carbons (Fsp3) is 0.600. The van der Waals surface area contributed by atoms with Gasteiger partial charge < -0.3 is 10.5 Å². The van der Waals surface area contributed by atoms with Gasteiger partial charge in [-0.3, -0.25) is 0 Å². The number of hydrogen-bond acceptors (Lipinski definition) is 2. The Kier molecular flexibility index (Phi) is 4.86. The zero-order valence-corrected chi connectivity index (χ0v) is 12.3. The average molecular weight is 304 g/mol. The van der Waals surface area contributed by atoms with Gasteiger partial charge in [-0.05, 0) is 48.9 Å². The molecule has 1 aromatic carbocycles. The van der Waals surface area contributed by atoms with Crippen molar-refractivity contribution >= 4 is 11.6 Å². The minimum absolute atomic E-state index is 0.0575. The van der Waals surface area contributed by atoms with Crippen LogP contribution in [0.15, 0.2) is 18.2 Å². The van der Waals surface area contributed by atoms with Crippen LogP contribution in [0.3, 0.4) is 0 Å². The first-order valence-electron chi connectivity index (χ1n) is 6.87. The fourth-order valence-corrected chi connectivity index (χ4v) is 3.01. The molecular weight excluding hydrogens is 284 g/mol. The second-order valence-electron chi connectivity index (χ2n) is 5.52. The number of alkyl halides is 2. The van der Waals surface area contributed by atoms with Crippen LogP contribution in [-0.4, -0.2) is 19.1 Å². The summed E-state index contributed by atoms with van der Waals surface area (Å²) in [4.78, 5) is 0. The molecule has 0 saturated heterocycles. The Hall–Kier alpha value is -0.870. The summed E-state index contributed by atoms with van der Waals surface area (Å²) in [7, 11) is 1.60. The third-order valence-corrected chi connectivity index (χ3v) is 4.30. The Morgan fingerprint density at radius 3 is 2.65 bits per heavy atom. The number of nitrogens with two attached hydrogens (primary N) is 1. The van der Waals surface area contributed by atoms with Crippen LogP contribution in [-0.2, 0) is 6.42 Å². The van der Waals surface area contributed by atoms with Crippen LogP contribution in [0.1, 0.15) is 31.2 Å². The Balaban J connectivity index is 2.01. The fourth-order valence-electron chi connectivity index (χ4n) is 2.82. The quantitative estimate of drug-likeness (QED) is 0.911. The Bertz CT molecular complexity index is 457. The Labute approximate surface area is 123 Å². The van der Waals surface area contributed by atoms with Gasteiger partial charge in [-0.1, -0.05) is 11.6 Å². The lowest BCUT2D eigenvalue weighted by molar-refractivity contribution is -0.0481. The molecule has 2 rings (SSSR count). The van der Waals surface area contributed by atoms with E-state index < -0.39 is 5.92 Å². The Morgan fingerprint density at radius 1 is 1.40 bits per heavy atom. The Morgan fingerprint density at radius 2 is 2.05 bits per heavy atom. The molecule has 112 valence electrons. The van der Waals surface area contributed by atoms with Crippen LogP contribution in [0.5, 0.6) is 5.75 Å². The standard InChI is InChI=1S/C15H20ClF2NO/c1-20-14-3-2-12(16)8-11(14)9-13(19)10-4-6-15(17,18)7-5-10/h2-3,8,10,13H,4-7,9,19H2,1H3. The van der Waals surface area contributed by atoms with E-state index in [2.05, 4.69) is 0 Å². The maximum absolute atomic E-state index is 13.2. The predicted octanol–water partition coefficient (Wildman–Crippen LogP) is 4.04. The molecule has 1 aliphatic carbocycles. The minimum Gasteiger partial charge on any atom is -0.496 e. The zero-order chi connectivity index (χ0) is 14.8. The molecule has 0 aromatic heterocycles. The molecule has 1 aromatic rings. The van der Waals surface area contributed by atoms with Gasteiger partial charge >= 0.3 is 0 Å². The number of benzene rings is 1. The molecule has 0 bridgehead atoms. The SMILES string of the molecule is COc1ccc(Cl)cc1CC(N)C1CCC(F)(F)CC1. The van der Waals surface area contributed by atoms with E-state index in [1.165, 1.54) is 0 Å². The van der Waals surface area contributed by atoms with Crippen molar-refractivity contribution in [2.24, 2.45) is 11.7 Å². The highest BCUT2D eigenvalue weighted by molar-refractivity contribution is 6.30. The lowest BCUT2D eigenvalue weighted by Gasteiger charge is -2.32. The maximum atomic E-state index is 13.2. The lowest BCUT2D eigenvalue weighted by atomic mass is 9.80. The van der Waals surface area contributed by atoms with E-state index >= 15 is 0 Å². The third kappa shape index (κ3) is 3.83. The van der Waals surface area contributed by atoms with Crippen LogP contribution in [0.4, 0.5) is 8.78 Å². The van der Waals surface area contributed by atoms with Gasteiger partial charge in [0.15, 0.2) is 0 Å². The molecule has 0 radical (unpaired) electrons. The highest BCUT2D eigenvalue weighted by Gasteiger charge is 2.36. The molecule has 1 fully saturated rings. The first-order chi connectivity index (χ1) is 9.41. The summed E-state index contributed by atoms with van der Waals surface area (Å²) in [5.41, 5.74) is 7.13. The second-order valence-corrected chi connectivity index (χ2v) is 5.95. The summed E-state index contributed by atoms with van der Waals surface area (Å²) < 4.78 is 31.6. The molecule has 1 unspecified atom stereocenters. The van der Waals surface area contributed by atoms with Crippen LogP contribution < -0.4 is 10.5 Å². The van der Waals surface area contributed by atoms with E-state index in [4.69, 9.17) is 22.1 Å². The van der Waals surface area contributed by atoms with E-state index in [-0.39, 0.29) is 24.8 Å². The molecule has 20 heavy (non-hydrogen) atoms. The molecular formula is C15H20ClF2NO. The highest BCUT2D eigenvalue weighted by Crippen LogP contribution is 2.38. The first-order valence-corrected chi connectivity index (χ1v) is 7.25. The van der Waals surface area contributed by atoms with Crippen LogP contribution in [0.25, 0.3) is 0 Å². The van der Waals surface area contributed by atoms with Crippen molar-refractivity contribution in [2.75, 3.05) is 7.11 Å². The van der Waals surface area contributed by atoms with Crippen LogP contribution in [0, 0.1) is 5.92 Å². The number of ether oxygens (including phenoxy) is 1. The monoisotopic (exact) mass is 303 g/mol. The molecule has 2 N–H and O–H groups in total.